The van der Waals surface area contributed by atoms with Crippen LogP contribution >= 0.6 is 11.8 Å². The number of esters is 1. The molecule has 2 atom stereocenters. The number of hydrogen-bond acceptors (Lipinski definition) is 9. The summed E-state index contributed by atoms with van der Waals surface area (Å²) in [4.78, 5) is 50.3. The van der Waals surface area contributed by atoms with Gasteiger partial charge in [0.05, 0.1) is 31.0 Å². The number of nitrogens with one attached hydrogen (secondary N) is 1. The molecule has 1 N–H and O–H groups in total. The van der Waals surface area contributed by atoms with E-state index in [4.69, 9.17) is 13.9 Å². The van der Waals surface area contributed by atoms with E-state index < -0.39 is 34.9 Å². The molecule has 2 aliphatic heterocycles. The van der Waals surface area contributed by atoms with Gasteiger partial charge in [-0.3, -0.25) is 19.3 Å². The van der Waals surface area contributed by atoms with Crippen molar-refractivity contribution in [2.24, 2.45) is 0 Å². The molecule has 2 aromatic rings. The molecule has 0 saturated carbocycles. The van der Waals surface area contributed by atoms with E-state index >= 15 is 0 Å². The van der Waals surface area contributed by atoms with Gasteiger partial charge >= 0.3 is 35.5 Å². The summed E-state index contributed by atoms with van der Waals surface area (Å²) in [6, 6.07) is 12.3. The van der Waals surface area contributed by atoms with E-state index in [1.165, 1.54) is 24.9 Å². The first kappa shape index (κ1) is 27.0. The number of carboxylic acid groups (broad SMARTS) is 1. The summed E-state index contributed by atoms with van der Waals surface area (Å²) in [7, 11) is 0. The predicted molar refractivity (Wildman–Crippen MR) is 116 cm³/mol. The Balaban J connectivity index is 0.00000342. The molecule has 1 aromatic carbocycles. The van der Waals surface area contributed by atoms with Crippen LogP contribution in [0.4, 0.5) is 0 Å². The number of carboxylic acids is 1. The van der Waals surface area contributed by atoms with Gasteiger partial charge in [-0.05, 0) is 17.7 Å². The minimum Gasteiger partial charge on any atom is -0.543 e. The van der Waals surface area contributed by atoms with E-state index in [2.05, 4.69) is 5.32 Å². The van der Waals surface area contributed by atoms with Crippen molar-refractivity contribution in [2.75, 3.05) is 12.4 Å². The van der Waals surface area contributed by atoms with Gasteiger partial charge < -0.3 is 29.1 Å². The molecule has 10 nitrogen and oxygen atoms in total. The summed E-state index contributed by atoms with van der Waals surface area (Å²) in [6.07, 6.45) is 1.30. The molecule has 178 valence electrons. The quantitative estimate of drug-likeness (QED) is 0.166. The van der Waals surface area contributed by atoms with E-state index in [0.717, 1.165) is 10.5 Å². The van der Waals surface area contributed by atoms with Crippen molar-refractivity contribution in [3.63, 3.8) is 0 Å². The number of benzene rings is 1. The minimum atomic E-state index is -1.79. The number of furan rings is 1. The van der Waals surface area contributed by atoms with Crippen molar-refractivity contribution < 1.29 is 67.7 Å². The van der Waals surface area contributed by atoms with Crippen LogP contribution in [0.25, 0.3) is 0 Å². The molecule has 1 aromatic heterocycles. The van der Waals surface area contributed by atoms with Crippen molar-refractivity contribution in [1.82, 2.24) is 10.2 Å². The minimum absolute atomic E-state index is 0. The fourth-order valence-electron chi connectivity index (χ4n) is 3.76. The van der Waals surface area contributed by atoms with Gasteiger partial charge in [-0.2, -0.15) is 0 Å². The molecule has 0 spiro atoms. The zero-order valence-corrected chi connectivity index (χ0v) is 22.0. The van der Waals surface area contributed by atoms with Gasteiger partial charge in [0.1, 0.15) is 17.7 Å². The summed E-state index contributed by atoms with van der Waals surface area (Å²) >= 11 is 1.19. The molecular formula is C23H21N2NaO8S. The maximum atomic E-state index is 13.4. The van der Waals surface area contributed by atoms with Crippen LogP contribution in [0.2, 0.25) is 0 Å². The Morgan fingerprint density at radius 2 is 1.94 bits per heavy atom. The van der Waals surface area contributed by atoms with E-state index in [1.807, 2.05) is 18.2 Å². The smallest absolute Gasteiger partial charge is 0.543 e. The van der Waals surface area contributed by atoms with E-state index in [1.54, 1.807) is 24.3 Å². The molecule has 1 saturated heterocycles. The van der Waals surface area contributed by atoms with Crippen molar-refractivity contribution in [3.8, 4) is 0 Å². The average Bonchev–Trinajstić information content (AvgIpc) is 3.32. The summed E-state index contributed by atoms with van der Waals surface area (Å²) in [5.41, 5.74) is -1.18. The molecule has 0 radical (unpaired) electrons. The number of nitrogens with zero attached hydrogens (tertiary/aromatic N) is 1. The Labute approximate surface area is 227 Å². The molecule has 0 unspecified atom stereocenters. The van der Waals surface area contributed by atoms with Crippen LogP contribution in [0.3, 0.4) is 0 Å². The van der Waals surface area contributed by atoms with Crippen molar-refractivity contribution in [3.05, 3.63) is 71.3 Å². The summed E-state index contributed by atoms with van der Waals surface area (Å²) < 4.78 is 16.1. The van der Waals surface area contributed by atoms with Gasteiger partial charge in [-0.25, -0.2) is 0 Å². The first-order valence-electron chi connectivity index (χ1n) is 10.3. The topological polar surface area (TPSA) is 138 Å². The molecule has 2 aliphatic rings. The maximum Gasteiger partial charge on any atom is 1.00 e. The Morgan fingerprint density at radius 3 is 2.57 bits per heavy atom. The number of carbonyl (C=O) groups excluding carboxylic acids is 4. The molecule has 3 heterocycles. The number of aliphatic carboxylic acids is 1. The fraction of sp³-hybridized carbons (Fsp3) is 0.304. The van der Waals surface area contributed by atoms with E-state index in [-0.39, 0.29) is 66.2 Å². The van der Waals surface area contributed by atoms with Crippen molar-refractivity contribution in [1.29, 1.82) is 0 Å². The molecule has 35 heavy (non-hydrogen) atoms. The van der Waals surface area contributed by atoms with Gasteiger partial charge in [0.25, 0.3) is 11.6 Å². The Kier molecular flexibility index (Phi) is 8.84. The molecule has 0 aliphatic carbocycles. The molecule has 12 heteroatoms. The zero-order valence-electron chi connectivity index (χ0n) is 19.1. The molecule has 1 fully saturated rings. The number of amides is 2. The summed E-state index contributed by atoms with van der Waals surface area (Å²) in [5, 5.41) is 13.7. The van der Waals surface area contributed by atoms with Crippen molar-refractivity contribution in [2.45, 2.75) is 31.1 Å². The zero-order chi connectivity index (χ0) is 24.3. The Morgan fingerprint density at radius 1 is 1.20 bits per heavy atom. The number of ether oxygens (including phenoxy) is 2. The number of β-lactam (4-membered cyclic amide) rings is 1. The largest absolute Gasteiger partial charge is 1.00 e. The molecule has 0 bridgehead atoms. The maximum absolute atomic E-state index is 13.4. The molecular weight excluding hydrogens is 487 g/mol. The van der Waals surface area contributed by atoms with Gasteiger partial charge in [0.15, 0.2) is 0 Å². The number of thioether (sulfide) groups is 1. The second-order valence-corrected chi connectivity index (χ2v) is 8.74. The number of carbonyl (C=O) groups is 4. The monoisotopic (exact) mass is 508 g/mol. The third-order valence-corrected chi connectivity index (χ3v) is 6.68. The Hall–Kier alpha value is -2.57. The summed E-state index contributed by atoms with van der Waals surface area (Å²) in [5.74, 6) is -2.92. The normalized spacial score (nSPS) is 20.9. The predicted octanol–water partition coefficient (Wildman–Crippen LogP) is -2.66. The number of rotatable bonds is 9. The van der Waals surface area contributed by atoms with Gasteiger partial charge in [0.2, 0.25) is 5.91 Å². The number of fused-ring (bicyclic) bond motifs is 1. The Bertz CT molecular complexity index is 1140. The standard InChI is InChI=1S/C23H22N2O8S.Na/c1-14(26)32-12-16-13-34-22-23(21(30)25(22)19(16)20(28)29,33-11-15-6-3-2-4-7-15)24-18(27)10-17-8-5-9-31-17;/h2-9,22H,10-13H2,1H3,(H,24,27)(H,28,29);/q;+1/p-1/t22-,23+;/m1./s1. The third-order valence-electron chi connectivity index (χ3n) is 5.30. The third kappa shape index (κ3) is 5.65. The number of hydrogen-bond donors (Lipinski definition) is 1. The van der Waals surface area contributed by atoms with Gasteiger partial charge in [0, 0.05) is 18.2 Å². The van der Waals surface area contributed by atoms with Crippen LogP contribution < -0.4 is 40.0 Å². The first-order valence-corrected chi connectivity index (χ1v) is 11.4. The SMILES string of the molecule is CC(=O)OCC1=C(C(=O)[O-])N2C(=O)[C@](NC(=O)Cc3ccco3)(OCc3ccccc3)[C@H]2SC1.[Na+]. The average molecular weight is 508 g/mol. The second kappa shape index (κ2) is 11.4. The van der Waals surface area contributed by atoms with Crippen LogP contribution in [-0.2, 0) is 41.7 Å². The van der Waals surface area contributed by atoms with Gasteiger partial charge in [-0.15, -0.1) is 11.8 Å². The molecule has 2 amide bonds. The van der Waals surface area contributed by atoms with E-state index in [0.29, 0.717) is 5.76 Å². The van der Waals surface area contributed by atoms with Crippen LogP contribution in [0, 0.1) is 0 Å². The van der Waals surface area contributed by atoms with Crippen molar-refractivity contribution >= 4 is 35.5 Å². The van der Waals surface area contributed by atoms with Crippen LogP contribution in [-0.4, -0.2) is 52.1 Å². The fourth-order valence-corrected chi connectivity index (χ4v) is 5.15. The van der Waals surface area contributed by atoms with Gasteiger partial charge in [-0.1, -0.05) is 30.3 Å². The van der Waals surface area contributed by atoms with E-state index in [9.17, 15) is 24.3 Å². The van der Waals surface area contributed by atoms with Crippen LogP contribution in [0.5, 0.6) is 0 Å². The van der Waals surface area contributed by atoms with Crippen LogP contribution in [0.1, 0.15) is 18.2 Å². The second-order valence-electron chi connectivity index (χ2n) is 7.67. The molecule has 4 rings (SSSR count). The first-order chi connectivity index (χ1) is 16.3. The van der Waals surface area contributed by atoms with Crippen LogP contribution in [0.15, 0.2) is 64.4 Å². The summed E-state index contributed by atoms with van der Waals surface area (Å²) in [6.45, 7) is 0.915.